The zero-order valence-electron chi connectivity index (χ0n) is 35.7. The summed E-state index contributed by atoms with van der Waals surface area (Å²) >= 11 is 6.15. The predicted octanol–water partition coefficient (Wildman–Crippen LogP) is 18.2. The molecule has 0 saturated heterocycles. The molecule has 0 N–H and O–H groups in total. The Hall–Kier alpha value is -7.76. The number of hydrogen-bond donors (Lipinski definition) is 0. The number of anilines is 3. The molecule has 0 fully saturated rings. The molecule has 0 unspecified atom stereocenters. The molecule has 4 heteroatoms. The molecule has 0 atom stereocenters. The van der Waals surface area contributed by atoms with Gasteiger partial charge in [0.2, 0.25) is 0 Å². The van der Waals surface area contributed by atoms with Crippen LogP contribution >= 0.6 is 27.3 Å². The Balaban J connectivity index is 1.11. The van der Waals surface area contributed by atoms with Gasteiger partial charge in [-0.3, -0.25) is 0 Å². The molecular formula is C62H39BrN2S. The van der Waals surface area contributed by atoms with E-state index in [1.807, 2.05) is 11.3 Å². The first-order valence-electron chi connectivity index (χ1n) is 22.4. The van der Waals surface area contributed by atoms with Crippen molar-refractivity contribution in [1.29, 1.82) is 0 Å². The fourth-order valence-corrected chi connectivity index (χ4v) is 12.2. The summed E-state index contributed by atoms with van der Waals surface area (Å²) in [6, 6.07) is 86.5. The zero-order chi connectivity index (χ0) is 43.7. The molecule has 0 amide bonds. The molecular weight excluding hydrogens is 885 g/mol. The minimum atomic E-state index is 1.07. The second-order valence-corrected chi connectivity index (χ2v) is 18.8. The molecule has 12 aromatic rings. The van der Waals surface area contributed by atoms with Crippen LogP contribution in [0.1, 0.15) is 16.7 Å². The number of halogens is 1. The topological polar surface area (TPSA) is 8.17 Å². The lowest BCUT2D eigenvalue weighted by Crippen LogP contribution is -2.11. The van der Waals surface area contributed by atoms with Gasteiger partial charge in [0.15, 0.2) is 0 Å². The molecule has 2 aromatic heterocycles. The van der Waals surface area contributed by atoms with E-state index in [2.05, 4.69) is 262 Å². The Bertz CT molecular complexity index is 3870. The van der Waals surface area contributed by atoms with Crippen LogP contribution in [0, 0.1) is 0 Å². The van der Waals surface area contributed by atoms with E-state index in [0.29, 0.717) is 0 Å². The predicted molar refractivity (Wildman–Crippen MR) is 286 cm³/mol. The normalized spacial score (nSPS) is 12.3. The van der Waals surface area contributed by atoms with Gasteiger partial charge in [-0.25, -0.2) is 0 Å². The molecule has 310 valence electrons. The van der Waals surface area contributed by atoms with Crippen LogP contribution in [0.25, 0.3) is 91.1 Å². The van der Waals surface area contributed by atoms with Crippen LogP contribution in [0.5, 0.6) is 0 Å². The average Bonchev–Trinajstić information content (AvgIpc) is 3.91. The van der Waals surface area contributed by atoms with Crippen molar-refractivity contribution in [1.82, 2.24) is 4.57 Å². The zero-order valence-corrected chi connectivity index (χ0v) is 38.1. The Labute approximate surface area is 395 Å². The molecule has 3 heterocycles. The van der Waals surface area contributed by atoms with E-state index in [9.17, 15) is 0 Å². The van der Waals surface area contributed by atoms with Gasteiger partial charge >= 0.3 is 0 Å². The van der Waals surface area contributed by atoms with Crippen LogP contribution in [-0.4, -0.2) is 4.57 Å². The second-order valence-electron chi connectivity index (χ2n) is 16.9. The van der Waals surface area contributed by atoms with Gasteiger partial charge in [0, 0.05) is 63.5 Å². The Morgan fingerprint density at radius 1 is 0.379 bits per heavy atom. The lowest BCUT2D eigenvalue weighted by Gasteiger charge is -2.28. The molecule has 1 aliphatic rings. The molecule has 0 radical (unpaired) electrons. The summed E-state index contributed by atoms with van der Waals surface area (Å²) in [6.07, 6.45) is 0. The number of nitrogens with zero attached hydrogens (tertiary/aromatic N) is 2. The third-order valence-electron chi connectivity index (χ3n) is 13.2. The van der Waals surface area contributed by atoms with Crippen molar-refractivity contribution in [3.8, 4) is 39.1 Å². The maximum absolute atomic E-state index is 4.28. The highest BCUT2D eigenvalue weighted by molar-refractivity contribution is 9.15. The first-order valence-corrected chi connectivity index (χ1v) is 24.0. The van der Waals surface area contributed by atoms with E-state index < -0.39 is 0 Å². The molecule has 10 aromatic carbocycles. The van der Waals surface area contributed by atoms with Crippen molar-refractivity contribution in [3.63, 3.8) is 0 Å². The first-order chi connectivity index (χ1) is 32.7. The van der Waals surface area contributed by atoms with Gasteiger partial charge in [0.25, 0.3) is 0 Å². The van der Waals surface area contributed by atoms with Gasteiger partial charge in [-0.2, -0.15) is 0 Å². The van der Waals surface area contributed by atoms with Gasteiger partial charge < -0.3 is 9.47 Å². The summed E-state index contributed by atoms with van der Waals surface area (Å²) in [5, 5.41) is 4.98. The highest BCUT2D eigenvalue weighted by Gasteiger charge is 2.29. The highest BCUT2D eigenvalue weighted by atomic mass is 79.9. The fourth-order valence-electron chi connectivity index (χ4n) is 10.3. The van der Waals surface area contributed by atoms with E-state index in [1.165, 1.54) is 92.1 Å². The Kier molecular flexibility index (Phi) is 9.23. The van der Waals surface area contributed by atoms with Crippen molar-refractivity contribution < 1.29 is 0 Å². The number of fused-ring (bicyclic) bond motifs is 8. The van der Waals surface area contributed by atoms with Crippen LogP contribution in [-0.2, 0) is 0 Å². The van der Waals surface area contributed by atoms with Gasteiger partial charge in [0.1, 0.15) is 0 Å². The highest BCUT2D eigenvalue weighted by Crippen LogP contribution is 2.51. The van der Waals surface area contributed by atoms with Gasteiger partial charge in [-0.1, -0.05) is 182 Å². The molecule has 0 aliphatic carbocycles. The van der Waals surface area contributed by atoms with E-state index in [1.54, 1.807) is 0 Å². The molecule has 2 nitrogen and oxygen atoms in total. The van der Waals surface area contributed by atoms with Crippen LogP contribution in [0.3, 0.4) is 0 Å². The number of hydrogen-bond acceptors (Lipinski definition) is 2. The first kappa shape index (κ1) is 38.7. The van der Waals surface area contributed by atoms with Gasteiger partial charge in [-0.15, -0.1) is 11.3 Å². The van der Waals surface area contributed by atoms with Crippen LogP contribution in [0.15, 0.2) is 237 Å². The van der Waals surface area contributed by atoms with Crippen LogP contribution < -0.4 is 4.90 Å². The second kappa shape index (κ2) is 15.7. The smallest absolute Gasteiger partial charge is 0.0620 e. The number of thiophene rings is 1. The summed E-state index contributed by atoms with van der Waals surface area (Å²) in [5.74, 6) is 0. The van der Waals surface area contributed by atoms with Crippen LogP contribution in [0.4, 0.5) is 17.1 Å². The van der Waals surface area contributed by atoms with Crippen molar-refractivity contribution in [2.75, 3.05) is 4.90 Å². The molecule has 13 rings (SSSR count). The molecule has 0 saturated carbocycles. The lowest BCUT2D eigenvalue weighted by molar-refractivity contribution is 1.16. The minimum absolute atomic E-state index is 1.07. The third kappa shape index (κ3) is 6.21. The molecule has 1 aliphatic heterocycles. The Morgan fingerprint density at radius 2 is 0.985 bits per heavy atom. The van der Waals surface area contributed by atoms with E-state index in [-0.39, 0.29) is 0 Å². The molecule has 0 bridgehead atoms. The van der Waals surface area contributed by atoms with Gasteiger partial charge in [-0.05, 0) is 109 Å². The SMILES string of the molecule is BrC1=C(c2ccccc2)c2cccc3c4c(-c5ccccc5)cccc4n(c23)-c2cc(N(c3cccc(-c4ccccc4)c3)c3cccc4sc5cc(-c6ccccc6)ccc5c34)ccc21. The maximum Gasteiger partial charge on any atom is 0.0620 e. The number of rotatable bonds is 7. The third-order valence-corrected chi connectivity index (χ3v) is 15.1. The van der Waals surface area contributed by atoms with Crippen molar-refractivity contribution >= 4 is 96.4 Å². The van der Waals surface area contributed by atoms with Crippen molar-refractivity contribution in [3.05, 3.63) is 253 Å². The summed E-state index contributed by atoms with van der Waals surface area (Å²) in [7, 11) is 0. The average molecular weight is 924 g/mol. The minimum Gasteiger partial charge on any atom is -0.310 e. The van der Waals surface area contributed by atoms with E-state index >= 15 is 0 Å². The largest absolute Gasteiger partial charge is 0.310 e. The summed E-state index contributed by atoms with van der Waals surface area (Å²) in [4.78, 5) is 2.48. The molecule has 66 heavy (non-hydrogen) atoms. The lowest BCUT2D eigenvalue weighted by atomic mass is 9.93. The maximum atomic E-state index is 4.28. The quantitative estimate of drug-likeness (QED) is 0.155. The van der Waals surface area contributed by atoms with Crippen molar-refractivity contribution in [2.45, 2.75) is 0 Å². The van der Waals surface area contributed by atoms with Gasteiger partial charge in [0.05, 0.1) is 22.4 Å². The number of benzene rings is 10. The summed E-state index contributed by atoms with van der Waals surface area (Å²) in [6.45, 7) is 0. The Morgan fingerprint density at radius 3 is 1.73 bits per heavy atom. The number of aromatic nitrogens is 1. The van der Waals surface area contributed by atoms with E-state index in [4.69, 9.17) is 0 Å². The monoisotopic (exact) mass is 922 g/mol. The summed E-state index contributed by atoms with van der Waals surface area (Å²) < 4.78 is 6.13. The number of para-hydroxylation sites is 1. The standard InChI is InChI=1S/C62H39BrN2S/c63-61-49-36-34-47(39-55(49)65-53-30-15-27-48(42-21-9-3-10-22-42)59(53)52-29-14-28-51(62(52)65)58(61)43-23-11-4-12-24-43)64(46-26-13-25-44(37-46)40-17-5-1-6-18-40)54-31-16-32-56-60(54)50-35-33-45(38-57(50)66-56)41-19-7-2-8-20-41/h1-39H. The van der Waals surface area contributed by atoms with Crippen molar-refractivity contribution in [2.24, 2.45) is 0 Å². The molecule has 0 spiro atoms. The van der Waals surface area contributed by atoms with E-state index in [0.717, 1.165) is 32.8 Å². The van der Waals surface area contributed by atoms with Crippen LogP contribution in [0.2, 0.25) is 0 Å². The summed E-state index contributed by atoms with van der Waals surface area (Å²) in [5.41, 5.74) is 18.7. The fraction of sp³-hybridized carbons (Fsp3) is 0.